The molecule has 0 bridgehead atoms. The molecule has 1 aromatic heterocycles. The molecule has 1 aromatic carbocycles. The van der Waals surface area contributed by atoms with Crippen molar-refractivity contribution in [3.63, 3.8) is 0 Å². The number of carbonyl (C=O) groups is 1. The fraction of sp³-hybridized carbons (Fsp3) is 0.400. The summed E-state index contributed by atoms with van der Waals surface area (Å²) in [6.07, 6.45) is 4.59. The van der Waals surface area contributed by atoms with Gasteiger partial charge in [-0.05, 0) is 64.5 Å². The van der Waals surface area contributed by atoms with E-state index in [1.807, 2.05) is 6.07 Å². The van der Waals surface area contributed by atoms with Crippen molar-refractivity contribution in [2.24, 2.45) is 0 Å². The van der Waals surface area contributed by atoms with Gasteiger partial charge in [0.1, 0.15) is 6.54 Å². The Balaban J connectivity index is 1.41. The highest BCUT2D eigenvalue weighted by Crippen LogP contribution is 2.26. The lowest BCUT2D eigenvalue weighted by molar-refractivity contribution is -0.133. The van der Waals surface area contributed by atoms with Gasteiger partial charge in [0.05, 0.1) is 4.90 Å². The SMILES string of the molecule is O=C(Cn1cc(Br)ccc1=O)N1CCN(S(=O)(=O)c2ccc3c(c2)CCC3)CC1. The van der Waals surface area contributed by atoms with E-state index in [2.05, 4.69) is 15.9 Å². The van der Waals surface area contributed by atoms with Crippen molar-refractivity contribution in [2.45, 2.75) is 30.7 Å². The van der Waals surface area contributed by atoms with Gasteiger partial charge in [0, 0.05) is 42.9 Å². The van der Waals surface area contributed by atoms with Crippen LogP contribution in [-0.2, 0) is 34.2 Å². The second-order valence-electron chi connectivity index (χ2n) is 7.38. The van der Waals surface area contributed by atoms with Crippen molar-refractivity contribution in [1.29, 1.82) is 0 Å². The summed E-state index contributed by atoms with van der Waals surface area (Å²) in [4.78, 5) is 26.4. The molecule has 7 nitrogen and oxygen atoms in total. The van der Waals surface area contributed by atoms with Crippen molar-refractivity contribution in [2.75, 3.05) is 26.2 Å². The highest BCUT2D eigenvalue weighted by molar-refractivity contribution is 9.10. The van der Waals surface area contributed by atoms with Crippen LogP contribution in [0.4, 0.5) is 0 Å². The number of halogens is 1. The third-order valence-electron chi connectivity index (χ3n) is 5.55. The molecule has 0 saturated carbocycles. The minimum absolute atomic E-state index is 0.0597. The fourth-order valence-electron chi connectivity index (χ4n) is 3.91. The van der Waals surface area contributed by atoms with Gasteiger partial charge in [0.2, 0.25) is 15.9 Å². The maximum atomic E-state index is 13.0. The van der Waals surface area contributed by atoms with E-state index in [0.717, 1.165) is 29.3 Å². The maximum absolute atomic E-state index is 13.0. The highest BCUT2D eigenvalue weighted by atomic mass is 79.9. The summed E-state index contributed by atoms with van der Waals surface area (Å²) in [5.74, 6) is -0.195. The Morgan fingerprint density at radius 1 is 1.00 bits per heavy atom. The molecule has 29 heavy (non-hydrogen) atoms. The summed E-state index contributed by atoms with van der Waals surface area (Å²) in [6.45, 7) is 1.06. The first-order valence-corrected chi connectivity index (χ1v) is 11.8. The summed E-state index contributed by atoms with van der Waals surface area (Å²) in [5, 5.41) is 0. The molecule has 2 aliphatic rings. The van der Waals surface area contributed by atoms with E-state index >= 15 is 0 Å². The molecule has 154 valence electrons. The predicted octanol–water partition coefficient (Wildman–Crippen LogP) is 1.63. The lowest BCUT2D eigenvalue weighted by atomic mass is 10.1. The van der Waals surface area contributed by atoms with E-state index in [9.17, 15) is 18.0 Å². The quantitative estimate of drug-likeness (QED) is 0.667. The van der Waals surface area contributed by atoms with Gasteiger partial charge in [-0.15, -0.1) is 0 Å². The van der Waals surface area contributed by atoms with Crippen LogP contribution in [0.3, 0.4) is 0 Å². The Kier molecular flexibility index (Phi) is 5.63. The molecule has 4 rings (SSSR count). The van der Waals surface area contributed by atoms with Crippen LogP contribution < -0.4 is 5.56 Å². The third-order valence-corrected chi connectivity index (χ3v) is 7.92. The van der Waals surface area contributed by atoms with Crippen LogP contribution in [0, 0.1) is 0 Å². The molecule has 0 atom stereocenters. The monoisotopic (exact) mass is 479 g/mol. The normalized spacial score (nSPS) is 17.3. The average molecular weight is 480 g/mol. The van der Waals surface area contributed by atoms with E-state index in [1.54, 1.807) is 29.3 Å². The first-order valence-electron chi connectivity index (χ1n) is 9.60. The molecule has 0 radical (unpaired) electrons. The summed E-state index contributed by atoms with van der Waals surface area (Å²) in [5.41, 5.74) is 2.11. The Bertz CT molecular complexity index is 1100. The van der Waals surface area contributed by atoms with Crippen molar-refractivity contribution in [1.82, 2.24) is 13.8 Å². The second-order valence-corrected chi connectivity index (χ2v) is 10.2. The Labute approximate surface area is 178 Å². The van der Waals surface area contributed by atoms with Crippen LogP contribution in [0.15, 0.2) is 50.7 Å². The Morgan fingerprint density at radius 3 is 2.48 bits per heavy atom. The van der Waals surface area contributed by atoms with Crippen molar-refractivity contribution in [3.8, 4) is 0 Å². The molecule has 0 unspecified atom stereocenters. The van der Waals surface area contributed by atoms with E-state index in [-0.39, 0.29) is 31.1 Å². The number of hydrogen-bond acceptors (Lipinski definition) is 4. The molecule has 2 aromatic rings. The van der Waals surface area contributed by atoms with E-state index in [1.165, 1.54) is 20.5 Å². The number of pyridine rings is 1. The molecule has 2 heterocycles. The highest BCUT2D eigenvalue weighted by Gasteiger charge is 2.30. The number of rotatable bonds is 4. The van der Waals surface area contributed by atoms with E-state index in [0.29, 0.717) is 18.0 Å². The average Bonchev–Trinajstić information content (AvgIpc) is 3.18. The molecule has 0 N–H and O–H groups in total. The molecule has 9 heteroatoms. The van der Waals surface area contributed by atoms with Gasteiger partial charge < -0.3 is 9.47 Å². The van der Waals surface area contributed by atoms with Crippen LogP contribution in [0.2, 0.25) is 0 Å². The summed E-state index contributed by atoms with van der Waals surface area (Å²) < 4.78 is 29.5. The summed E-state index contributed by atoms with van der Waals surface area (Å²) >= 11 is 3.29. The number of fused-ring (bicyclic) bond motifs is 1. The standard InChI is InChI=1S/C20H22BrN3O4S/c21-17-5-7-19(25)23(13-17)14-20(26)22-8-10-24(11-9-22)29(27,28)18-6-4-15-2-1-3-16(15)12-18/h4-7,12-13H,1-3,8-11,14H2. The minimum atomic E-state index is -3.57. The van der Waals surface area contributed by atoms with E-state index < -0.39 is 10.0 Å². The number of aryl methyl sites for hydroxylation is 2. The van der Waals surface area contributed by atoms with Crippen LogP contribution >= 0.6 is 15.9 Å². The Morgan fingerprint density at radius 2 is 1.72 bits per heavy atom. The minimum Gasteiger partial charge on any atom is -0.339 e. The molecule has 0 spiro atoms. The fourth-order valence-corrected chi connectivity index (χ4v) is 5.76. The first-order chi connectivity index (χ1) is 13.8. The zero-order valence-electron chi connectivity index (χ0n) is 15.9. The zero-order valence-corrected chi connectivity index (χ0v) is 18.3. The third kappa shape index (κ3) is 4.17. The van der Waals surface area contributed by atoms with Gasteiger partial charge in [-0.2, -0.15) is 4.31 Å². The van der Waals surface area contributed by atoms with Crippen LogP contribution in [0.1, 0.15) is 17.5 Å². The maximum Gasteiger partial charge on any atom is 0.251 e. The second kappa shape index (κ2) is 8.04. The number of aromatic nitrogens is 1. The zero-order chi connectivity index (χ0) is 20.6. The molecule has 1 aliphatic carbocycles. The summed E-state index contributed by atoms with van der Waals surface area (Å²) in [7, 11) is -3.57. The lowest BCUT2D eigenvalue weighted by Crippen LogP contribution is -2.51. The van der Waals surface area contributed by atoms with Crippen LogP contribution in [0.25, 0.3) is 0 Å². The first kappa shape index (κ1) is 20.3. The van der Waals surface area contributed by atoms with Gasteiger partial charge in [-0.25, -0.2) is 8.42 Å². The largest absolute Gasteiger partial charge is 0.339 e. The van der Waals surface area contributed by atoms with Crippen LogP contribution in [-0.4, -0.2) is 54.3 Å². The van der Waals surface area contributed by atoms with Crippen molar-refractivity contribution in [3.05, 3.63) is 62.5 Å². The number of amides is 1. The van der Waals surface area contributed by atoms with Gasteiger partial charge >= 0.3 is 0 Å². The van der Waals surface area contributed by atoms with Crippen molar-refractivity contribution < 1.29 is 13.2 Å². The summed E-state index contributed by atoms with van der Waals surface area (Å²) in [6, 6.07) is 8.45. The molecular weight excluding hydrogens is 458 g/mol. The van der Waals surface area contributed by atoms with Gasteiger partial charge in [-0.1, -0.05) is 6.07 Å². The molecule has 1 amide bonds. The van der Waals surface area contributed by atoms with Crippen molar-refractivity contribution >= 4 is 31.9 Å². The topological polar surface area (TPSA) is 79.7 Å². The lowest BCUT2D eigenvalue weighted by Gasteiger charge is -2.34. The number of piperazine rings is 1. The molecule has 1 saturated heterocycles. The number of benzene rings is 1. The number of sulfonamides is 1. The van der Waals surface area contributed by atoms with E-state index in [4.69, 9.17) is 0 Å². The number of carbonyl (C=O) groups excluding carboxylic acids is 1. The Hall–Kier alpha value is -1.97. The van der Waals surface area contributed by atoms with Gasteiger partial charge in [0.15, 0.2) is 0 Å². The molecule has 1 aliphatic heterocycles. The number of hydrogen-bond donors (Lipinski definition) is 0. The van der Waals surface area contributed by atoms with Crippen LogP contribution in [0.5, 0.6) is 0 Å². The van der Waals surface area contributed by atoms with Gasteiger partial charge in [-0.3, -0.25) is 9.59 Å². The number of nitrogens with zero attached hydrogens (tertiary/aromatic N) is 3. The predicted molar refractivity (Wildman–Crippen MR) is 112 cm³/mol. The van der Waals surface area contributed by atoms with Gasteiger partial charge in [0.25, 0.3) is 5.56 Å². The smallest absolute Gasteiger partial charge is 0.251 e. The molecule has 1 fully saturated rings. The molecular formula is C20H22BrN3O4S.